The molecule has 1 aromatic carbocycles. The molecular weight excluding hydrogens is 254 g/mol. The molecule has 0 bridgehead atoms. The fourth-order valence-corrected chi connectivity index (χ4v) is 1.80. The van der Waals surface area contributed by atoms with E-state index in [1.165, 1.54) is 11.1 Å². The van der Waals surface area contributed by atoms with Crippen LogP contribution in [0.3, 0.4) is 0 Å². The normalized spacial score (nSPS) is 11.0. The summed E-state index contributed by atoms with van der Waals surface area (Å²) in [7, 11) is 0. The summed E-state index contributed by atoms with van der Waals surface area (Å²) in [6.45, 7) is 6.54. The van der Waals surface area contributed by atoms with Gasteiger partial charge in [0.05, 0.1) is 13.1 Å². The van der Waals surface area contributed by atoms with Crippen molar-refractivity contribution in [1.82, 2.24) is 10.6 Å². The number of nitrogens with one attached hydrogen (secondary N) is 2. The highest BCUT2D eigenvalue weighted by atomic mass is 16.2. The summed E-state index contributed by atoms with van der Waals surface area (Å²) in [5.74, 6) is -0.550. The van der Waals surface area contributed by atoms with E-state index in [1.807, 2.05) is 19.1 Å². The molecule has 1 aromatic rings. The Morgan fingerprint density at radius 2 is 1.90 bits per heavy atom. The standard InChI is InChI=1S/C15H23N3O2/c1-11-5-4-6-12(7-11)15(2,3)10-18-14(20)9-17-13(19)8-16/h4-7H,8-10,16H2,1-3H3,(H,17,19)(H,18,20). The van der Waals surface area contributed by atoms with Crippen LogP contribution >= 0.6 is 0 Å². The lowest BCUT2D eigenvalue weighted by molar-refractivity contribution is -0.125. The van der Waals surface area contributed by atoms with Crippen LogP contribution in [0.25, 0.3) is 0 Å². The first kappa shape index (κ1) is 16.2. The molecule has 5 nitrogen and oxygen atoms in total. The molecule has 0 radical (unpaired) electrons. The number of amides is 2. The van der Waals surface area contributed by atoms with Gasteiger partial charge in [0.15, 0.2) is 0 Å². The Kier molecular flexibility index (Phi) is 5.70. The van der Waals surface area contributed by atoms with Crippen molar-refractivity contribution in [2.24, 2.45) is 5.73 Å². The Hall–Kier alpha value is -1.88. The van der Waals surface area contributed by atoms with Crippen LogP contribution in [0.5, 0.6) is 0 Å². The lowest BCUT2D eigenvalue weighted by Gasteiger charge is -2.26. The summed E-state index contributed by atoms with van der Waals surface area (Å²) < 4.78 is 0. The number of benzene rings is 1. The first-order chi connectivity index (χ1) is 9.35. The first-order valence-electron chi connectivity index (χ1n) is 6.66. The van der Waals surface area contributed by atoms with Crippen molar-refractivity contribution in [2.45, 2.75) is 26.2 Å². The van der Waals surface area contributed by atoms with Gasteiger partial charge in [-0.3, -0.25) is 9.59 Å². The summed E-state index contributed by atoms with van der Waals surface area (Å²) >= 11 is 0. The summed E-state index contributed by atoms with van der Waals surface area (Å²) in [5.41, 5.74) is 7.34. The molecule has 20 heavy (non-hydrogen) atoms. The number of nitrogens with two attached hydrogens (primary N) is 1. The monoisotopic (exact) mass is 277 g/mol. The predicted molar refractivity (Wildman–Crippen MR) is 79.3 cm³/mol. The molecule has 0 fully saturated rings. The van der Waals surface area contributed by atoms with Crippen LogP contribution in [-0.4, -0.2) is 31.4 Å². The molecule has 0 aromatic heterocycles. The van der Waals surface area contributed by atoms with E-state index in [4.69, 9.17) is 5.73 Å². The quantitative estimate of drug-likeness (QED) is 0.706. The van der Waals surface area contributed by atoms with Gasteiger partial charge in [-0.25, -0.2) is 0 Å². The Morgan fingerprint density at radius 3 is 2.50 bits per heavy atom. The maximum Gasteiger partial charge on any atom is 0.239 e. The largest absolute Gasteiger partial charge is 0.354 e. The summed E-state index contributed by atoms with van der Waals surface area (Å²) in [6.07, 6.45) is 0. The van der Waals surface area contributed by atoms with Crippen LogP contribution in [0.2, 0.25) is 0 Å². The summed E-state index contributed by atoms with van der Waals surface area (Å²) in [5, 5.41) is 5.27. The van der Waals surface area contributed by atoms with Gasteiger partial charge in [-0.1, -0.05) is 43.7 Å². The maximum absolute atomic E-state index is 11.6. The molecule has 5 heteroatoms. The molecule has 0 aliphatic carbocycles. The van der Waals surface area contributed by atoms with E-state index in [0.29, 0.717) is 6.54 Å². The maximum atomic E-state index is 11.6. The zero-order valence-corrected chi connectivity index (χ0v) is 12.3. The Morgan fingerprint density at radius 1 is 1.20 bits per heavy atom. The molecule has 0 saturated carbocycles. The average molecular weight is 277 g/mol. The van der Waals surface area contributed by atoms with E-state index in [1.54, 1.807) is 0 Å². The minimum absolute atomic E-state index is 0.0417. The molecule has 1 rings (SSSR count). The fraction of sp³-hybridized carbons (Fsp3) is 0.467. The third kappa shape index (κ3) is 5.01. The predicted octanol–water partition coefficient (Wildman–Crippen LogP) is 0.464. The van der Waals surface area contributed by atoms with Gasteiger partial charge in [0.25, 0.3) is 0 Å². The van der Waals surface area contributed by atoms with Crippen LogP contribution < -0.4 is 16.4 Å². The molecule has 0 aliphatic rings. The third-order valence-electron chi connectivity index (χ3n) is 3.16. The van der Waals surface area contributed by atoms with Gasteiger partial charge in [0.2, 0.25) is 11.8 Å². The number of rotatable bonds is 6. The van der Waals surface area contributed by atoms with Crippen molar-refractivity contribution in [3.63, 3.8) is 0 Å². The Labute approximate surface area is 119 Å². The molecule has 2 amide bonds. The second kappa shape index (κ2) is 7.05. The number of hydrogen-bond acceptors (Lipinski definition) is 3. The molecular formula is C15H23N3O2. The van der Waals surface area contributed by atoms with Crippen LogP contribution in [0.4, 0.5) is 0 Å². The average Bonchev–Trinajstić information content (AvgIpc) is 2.42. The molecule has 0 heterocycles. The molecule has 0 spiro atoms. The molecule has 0 atom stereocenters. The van der Waals surface area contributed by atoms with Crippen LogP contribution in [0.1, 0.15) is 25.0 Å². The van der Waals surface area contributed by atoms with E-state index >= 15 is 0 Å². The topological polar surface area (TPSA) is 84.2 Å². The summed E-state index contributed by atoms with van der Waals surface area (Å²) in [6, 6.07) is 8.22. The van der Waals surface area contributed by atoms with Gasteiger partial charge in [-0.05, 0) is 12.5 Å². The second-order valence-corrected chi connectivity index (χ2v) is 5.51. The fourth-order valence-electron chi connectivity index (χ4n) is 1.80. The molecule has 4 N–H and O–H groups in total. The molecule has 0 saturated heterocycles. The molecule has 0 aliphatic heterocycles. The van der Waals surface area contributed by atoms with E-state index in [-0.39, 0.29) is 30.3 Å². The minimum atomic E-state index is -0.335. The van der Waals surface area contributed by atoms with Crippen molar-refractivity contribution >= 4 is 11.8 Å². The highest BCUT2D eigenvalue weighted by Gasteiger charge is 2.21. The lowest BCUT2D eigenvalue weighted by Crippen LogP contribution is -2.43. The lowest BCUT2D eigenvalue weighted by atomic mass is 9.84. The van der Waals surface area contributed by atoms with Crippen LogP contribution in [-0.2, 0) is 15.0 Å². The van der Waals surface area contributed by atoms with E-state index in [0.717, 1.165) is 0 Å². The van der Waals surface area contributed by atoms with Gasteiger partial charge in [-0.2, -0.15) is 0 Å². The zero-order valence-electron chi connectivity index (χ0n) is 12.3. The smallest absolute Gasteiger partial charge is 0.239 e. The Balaban J connectivity index is 2.51. The van der Waals surface area contributed by atoms with Gasteiger partial charge in [0.1, 0.15) is 0 Å². The van der Waals surface area contributed by atoms with Crippen molar-refractivity contribution < 1.29 is 9.59 Å². The molecule has 0 unspecified atom stereocenters. The van der Waals surface area contributed by atoms with Crippen molar-refractivity contribution in [3.8, 4) is 0 Å². The number of carbonyl (C=O) groups excluding carboxylic acids is 2. The number of hydrogen-bond donors (Lipinski definition) is 3. The van der Waals surface area contributed by atoms with Gasteiger partial charge in [0, 0.05) is 12.0 Å². The summed E-state index contributed by atoms with van der Waals surface area (Å²) in [4.78, 5) is 22.6. The first-order valence-corrected chi connectivity index (χ1v) is 6.66. The van der Waals surface area contributed by atoms with E-state index < -0.39 is 0 Å². The van der Waals surface area contributed by atoms with Crippen LogP contribution in [0, 0.1) is 6.92 Å². The minimum Gasteiger partial charge on any atom is -0.354 e. The number of aryl methyl sites for hydroxylation is 1. The number of carbonyl (C=O) groups is 2. The Bertz CT molecular complexity index is 484. The second-order valence-electron chi connectivity index (χ2n) is 5.51. The van der Waals surface area contributed by atoms with Crippen LogP contribution in [0.15, 0.2) is 24.3 Å². The third-order valence-corrected chi connectivity index (χ3v) is 3.16. The van der Waals surface area contributed by atoms with Crippen molar-refractivity contribution in [3.05, 3.63) is 35.4 Å². The highest BCUT2D eigenvalue weighted by molar-refractivity contribution is 5.85. The van der Waals surface area contributed by atoms with Gasteiger partial charge < -0.3 is 16.4 Å². The van der Waals surface area contributed by atoms with Gasteiger partial charge >= 0.3 is 0 Å². The zero-order chi connectivity index (χ0) is 15.2. The SMILES string of the molecule is Cc1cccc(C(C)(C)CNC(=O)CNC(=O)CN)c1. The van der Waals surface area contributed by atoms with E-state index in [9.17, 15) is 9.59 Å². The van der Waals surface area contributed by atoms with E-state index in [2.05, 4.69) is 36.6 Å². The van der Waals surface area contributed by atoms with Crippen molar-refractivity contribution in [2.75, 3.05) is 19.6 Å². The highest BCUT2D eigenvalue weighted by Crippen LogP contribution is 2.22. The van der Waals surface area contributed by atoms with Crippen molar-refractivity contribution in [1.29, 1.82) is 0 Å². The molecule has 110 valence electrons. The van der Waals surface area contributed by atoms with Gasteiger partial charge in [-0.15, -0.1) is 0 Å².